The van der Waals surface area contributed by atoms with E-state index in [9.17, 15) is 4.39 Å². The maximum absolute atomic E-state index is 12.3. The van der Waals surface area contributed by atoms with Gasteiger partial charge in [-0.25, -0.2) is 4.39 Å². The van der Waals surface area contributed by atoms with E-state index in [4.69, 9.17) is 5.26 Å². The summed E-state index contributed by atoms with van der Waals surface area (Å²) >= 11 is 0. The second kappa shape index (κ2) is 6.29. The van der Waals surface area contributed by atoms with Gasteiger partial charge in [-0.2, -0.15) is 5.26 Å². The van der Waals surface area contributed by atoms with Crippen molar-refractivity contribution in [3.8, 4) is 6.07 Å². The Bertz CT molecular complexity index is 265. The quantitative estimate of drug-likeness (QED) is 0.641. The van der Waals surface area contributed by atoms with Gasteiger partial charge in [0, 0.05) is 6.20 Å². The fourth-order valence-corrected chi connectivity index (χ4v) is 0.644. The number of hydrogen-bond acceptors (Lipinski definition) is 2. The molecule has 0 saturated carbocycles. The van der Waals surface area contributed by atoms with Crippen LogP contribution in [0.25, 0.3) is 0 Å². The molecule has 0 aliphatic rings. The van der Waals surface area contributed by atoms with Crippen molar-refractivity contribution >= 4 is 0 Å². The fourth-order valence-electron chi connectivity index (χ4n) is 0.644. The highest BCUT2D eigenvalue weighted by Crippen LogP contribution is 1.99. The van der Waals surface area contributed by atoms with Crippen molar-refractivity contribution in [1.82, 2.24) is 4.98 Å². The third-order valence-corrected chi connectivity index (χ3v) is 1.04. The van der Waals surface area contributed by atoms with E-state index < -0.39 is 5.82 Å². The molecule has 0 aliphatic heterocycles. The summed E-state index contributed by atoms with van der Waals surface area (Å²) in [4.78, 5) is 3.58. The number of nitrogens with zero attached hydrogens (tertiary/aromatic N) is 2. The van der Waals surface area contributed by atoms with Crippen molar-refractivity contribution in [3.63, 3.8) is 0 Å². The van der Waals surface area contributed by atoms with Crippen LogP contribution in [0.5, 0.6) is 0 Å². The third kappa shape index (κ3) is 3.67. The largest absolute Gasteiger partial charge is 0.261 e. The van der Waals surface area contributed by atoms with Crippen LogP contribution in [-0.4, -0.2) is 4.98 Å². The minimum absolute atomic E-state index is 0.213. The lowest BCUT2D eigenvalue weighted by Gasteiger charge is -1.90. The summed E-state index contributed by atoms with van der Waals surface area (Å²) < 4.78 is 12.3. The van der Waals surface area contributed by atoms with Gasteiger partial charge in [0.1, 0.15) is 5.82 Å². The molecule has 0 amide bonds. The molecule has 0 atom stereocenters. The number of nitriles is 1. The Morgan fingerprint density at radius 3 is 2.67 bits per heavy atom. The molecule has 1 aromatic heterocycles. The van der Waals surface area contributed by atoms with Crippen molar-refractivity contribution in [2.75, 3.05) is 0 Å². The van der Waals surface area contributed by atoms with Gasteiger partial charge in [0.2, 0.25) is 0 Å². The molecule has 64 valence electrons. The number of halogens is 1. The molecule has 1 aromatic rings. The predicted molar refractivity (Wildman–Crippen MR) is 44.9 cm³/mol. The van der Waals surface area contributed by atoms with Gasteiger partial charge in [0.15, 0.2) is 0 Å². The maximum Gasteiger partial charge on any atom is 0.141 e. The fraction of sp³-hybridized carbons (Fsp3) is 0.333. The Hall–Kier alpha value is -1.43. The molecule has 2 nitrogen and oxygen atoms in total. The molecule has 3 heteroatoms. The Labute approximate surface area is 71.7 Å². The first-order chi connectivity index (χ1) is 5.83. The van der Waals surface area contributed by atoms with Crippen molar-refractivity contribution in [1.29, 1.82) is 5.26 Å². The molecule has 1 rings (SSSR count). The summed E-state index contributed by atoms with van der Waals surface area (Å²) in [6, 6.07) is 3.21. The first-order valence-electron chi connectivity index (χ1n) is 3.79. The van der Waals surface area contributed by atoms with Gasteiger partial charge in [-0.05, 0) is 11.6 Å². The molecule has 0 aromatic carbocycles. The number of hydrogen-bond donors (Lipinski definition) is 0. The first-order valence-corrected chi connectivity index (χ1v) is 3.79. The van der Waals surface area contributed by atoms with Crippen LogP contribution in [0.2, 0.25) is 0 Å². The van der Waals surface area contributed by atoms with E-state index in [1.807, 2.05) is 19.9 Å². The molecule has 0 aliphatic carbocycles. The van der Waals surface area contributed by atoms with Crippen LogP contribution in [0.3, 0.4) is 0 Å². The standard InChI is InChI=1S/C7H5FN2.C2H6/c8-7-3-6(1-2-9)4-10-5-7;1-2/h3-5H,1H2;1-2H3. The minimum Gasteiger partial charge on any atom is -0.261 e. The van der Waals surface area contributed by atoms with E-state index in [0.717, 1.165) is 6.20 Å². The monoisotopic (exact) mass is 166 g/mol. The average Bonchev–Trinajstić information content (AvgIpc) is 2.09. The van der Waals surface area contributed by atoms with Crippen LogP contribution in [0, 0.1) is 17.1 Å². The molecule has 0 radical (unpaired) electrons. The topological polar surface area (TPSA) is 36.7 Å². The van der Waals surface area contributed by atoms with E-state index in [1.165, 1.54) is 12.3 Å². The smallest absolute Gasteiger partial charge is 0.141 e. The molecular weight excluding hydrogens is 155 g/mol. The second-order valence-electron chi connectivity index (χ2n) is 1.85. The van der Waals surface area contributed by atoms with E-state index in [1.54, 1.807) is 0 Å². The predicted octanol–water partition coefficient (Wildman–Crippen LogP) is 2.31. The highest BCUT2D eigenvalue weighted by atomic mass is 19.1. The summed E-state index contributed by atoms with van der Waals surface area (Å²) in [5.74, 6) is -0.396. The Balaban J connectivity index is 0.000000561. The van der Waals surface area contributed by atoms with Gasteiger partial charge in [-0.15, -0.1) is 0 Å². The van der Waals surface area contributed by atoms with Gasteiger partial charge in [0.25, 0.3) is 0 Å². The molecular formula is C9H11FN2. The molecule has 12 heavy (non-hydrogen) atoms. The summed E-state index contributed by atoms with van der Waals surface area (Å²) in [7, 11) is 0. The van der Waals surface area contributed by atoms with Gasteiger partial charge in [0.05, 0.1) is 18.7 Å². The third-order valence-electron chi connectivity index (χ3n) is 1.04. The SMILES string of the molecule is CC.N#CCc1cncc(F)c1. The number of rotatable bonds is 1. The van der Waals surface area contributed by atoms with Crippen LogP contribution in [0.15, 0.2) is 18.5 Å². The normalized spacial score (nSPS) is 7.83. The van der Waals surface area contributed by atoms with Gasteiger partial charge >= 0.3 is 0 Å². The summed E-state index contributed by atoms with van der Waals surface area (Å²) in [6.45, 7) is 4.00. The zero-order valence-corrected chi connectivity index (χ0v) is 7.21. The zero-order chi connectivity index (χ0) is 9.40. The highest BCUT2D eigenvalue weighted by Gasteiger charge is 1.92. The van der Waals surface area contributed by atoms with Crippen molar-refractivity contribution in [2.45, 2.75) is 20.3 Å². The second-order valence-corrected chi connectivity index (χ2v) is 1.85. The molecule has 0 fully saturated rings. The molecule has 0 spiro atoms. The van der Waals surface area contributed by atoms with E-state index in [0.29, 0.717) is 5.56 Å². The van der Waals surface area contributed by atoms with Crippen molar-refractivity contribution in [2.24, 2.45) is 0 Å². The molecule has 0 saturated heterocycles. The molecule has 1 heterocycles. The van der Waals surface area contributed by atoms with Crippen LogP contribution in [0.1, 0.15) is 19.4 Å². The van der Waals surface area contributed by atoms with Crippen LogP contribution >= 0.6 is 0 Å². The van der Waals surface area contributed by atoms with Crippen molar-refractivity contribution in [3.05, 3.63) is 29.8 Å². The number of pyridine rings is 1. The van der Waals surface area contributed by atoms with Crippen LogP contribution in [0.4, 0.5) is 4.39 Å². The van der Waals surface area contributed by atoms with Crippen LogP contribution in [-0.2, 0) is 6.42 Å². The van der Waals surface area contributed by atoms with Gasteiger partial charge in [-0.1, -0.05) is 13.8 Å². The Morgan fingerprint density at radius 1 is 1.50 bits per heavy atom. The lowest BCUT2D eigenvalue weighted by atomic mass is 10.2. The number of aromatic nitrogens is 1. The van der Waals surface area contributed by atoms with E-state index in [-0.39, 0.29) is 6.42 Å². The van der Waals surface area contributed by atoms with Gasteiger partial charge < -0.3 is 0 Å². The van der Waals surface area contributed by atoms with Crippen molar-refractivity contribution < 1.29 is 4.39 Å². The molecule has 0 unspecified atom stereocenters. The Morgan fingerprint density at radius 2 is 2.17 bits per heavy atom. The summed E-state index contributed by atoms with van der Waals surface area (Å²) in [5, 5.41) is 8.21. The van der Waals surface area contributed by atoms with E-state index >= 15 is 0 Å². The summed E-state index contributed by atoms with van der Waals surface area (Å²) in [6.07, 6.45) is 2.80. The van der Waals surface area contributed by atoms with Gasteiger partial charge in [-0.3, -0.25) is 4.98 Å². The highest BCUT2D eigenvalue weighted by molar-refractivity contribution is 5.13. The Kier molecular flexibility index (Phi) is 5.54. The van der Waals surface area contributed by atoms with E-state index in [2.05, 4.69) is 4.98 Å². The zero-order valence-electron chi connectivity index (χ0n) is 7.21. The van der Waals surface area contributed by atoms with Crippen LogP contribution < -0.4 is 0 Å². The first kappa shape index (κ1) is 10.6. The maximum atomic E-state index is 12.3. The minimum atomic E-state index is -0.396. The lowest BCUT2D eigenvalue weighted by molar-refractivity contribution is 0.619. The molecule has 0 N–H and O–H groups in total. The molecule has 0 bridgehead atoms. The average molecular weight is 166 g/mol. The lowest BCUT2D eigenvalue weighted by Crippen LogP contribution is -1.84. The summed E-state index contributed by atoms with van der Waals surface area (Å²) in [5.41, 5.74) is 0.613.